The lowest BCUT2D eigenvalue weighted by molar-refractivity contribution is -0.283. The fourth-order valence-electron chi connectivity index (χ4n) is 12.6. The summed E-state index contributed by atoms with van der Waals surface area (Å²) in [5.41, 5.74) is -10.8. The molecule has 2 aliphatic rings. The molecule has 4 unspecified atom stereocenters. The summed E-state index contributed by atoms with van der Waals surface area (Å²) >= 11 is 0. The summed E-state index contributed by atoms with van der Waals surface area (Å²) < 4.78 is 73.8. The van der Waals surface area contributed by atoms with Crippen molar-refractivity contribution in [2.24, 2.45) is 0 Å². The highest BCUT2D eigenvalue weighted by Gasteiger charge is 2.58. The highest BCUT2D eigenvalue weighted by Crippen LogP contribution is 2.52. The Morgan fingerprint density at radius 2 is 0.396 bits per heavy atom. The molecule has 10 aromatic rings. The molecule has 134 heavy (non-hydrogen) atoms. The lowest BCUT2D eigenvalue weighted by Crippen LogP contribution is -2.63. The lowest BCUT2D eigenvalue weighted by Gasteiger charge is -2.44. The van der Waals surface area contributed by atoms with Crippen molar-refractivity contribution in [2.75, 3.05) is 13.2 Å². The minimum absolute atomic E-state index is 0.0951. The van der Waals surface area contributed by atoms with Crippen LogP contribution in [0.15, 0.2) is 115 Å². The molecule has 702 valence electrons. The van der Waals surface area contributed by atoms with Gasteiger partial charge in [-0.15, -0.1) is 0 Å². The Hall–Kier alpha value is -19.2. The number of hydrogen-bond donors (Lipinski definition) is 29. The van der Waals surface area contributed by atoms with Gasteiger partial charge in [-0.05, 0) is 109 Å². The van der Waals surface area contributed by atoms with Gasteiger partial charge in [0.15, 0.2) is 185 Å². The zero-order valence-corrected chi connectivity index (χ0v) is 66.0. The fourth-order valence-corrected chi connectivity index (χ4v) is 12.6. The van der Waals surface area contributed by atoms with Gasteiger partial charge in [0.2, 0.25) is 42.0 Å². The van der Waals surface area contributed by atoms with Crippen LogP contribution in [0.1, 0.15) is 104 Å². The van der Waals surface area contributed by atoms with Crippen molar-refractivity contribution < 1.29 is 258 Å². The monoisotopic (exact) mass is 1880 g/mol. The number of rotatable bonds is 24. The van der Waals surface area contributed by atoms with Crippen LogP contribution in [0.2, 0.25) is 0 Å². The van der Waals surface area contributed by atoms with E-state index in [2.05, 4.69) is 0 Å². The van der Waals surface area contributed by atoms with E-state index in [1.165, 1.54) is 0 Å². The average molecular weight is 1880 g/mol. The van der Waals surface area contributed by atoms with Crippen molar-refractivity contribution >= 4 is 59.7 Å². The second-order valence-electron chi connectivity index (χ2n) is 28.1. The molecule has 0 aromatic heterocycles. The topological polar surface area (TPSA) is 877 Å². The van der Waals surface area contributed by atoms with Crippen LogP contribution in [0.3, 0.4) is 0 Å². The van der Waals surface area contributed by atoms with Crippen LogP contribution >= 0.6 is 0 Å². The minimum atomic E-state index is -3.11. The highest BCUT2D eigenvalue weighted by molar-refractivity contribution is 5.99. The zero-order valence-electron chi connectivity index (χ0n) is 66.0. The van der Waals surface area contributed by atoms with E-state index in [1.54, 1.807) is 0 Å². The summed E-state index contributed by atoms with van der Waals surface area (Å²) in [5.74, 6) is -61.2. The Morgan fingerprint density at radius 3 is 0.649 bits per heavy atom. The third-order valence-corrected chi connectivity index (χ3v) is 19.2. The SMILES string of the molecule is O=C(OCC1O[C@@H](OC(=O)c2cc(O)c(O)c(O)c2Oc2cc(C(=O)O[C@@H]3OC(COC(=O)c4cc(O)c(O)c(O)c4)[C@@H](OC(=O)c4cc(O)c(O)c(O)c4)[C@H](OC(=O)c4cc(O)c(O)c(O)c4)C3OC(=O)c3cc(O)c(O)c(O)c3)cc(O)c2O)[C@H](OC(=O)c2cc(O)c(O)c(O)c2)C(OC(=O)c2cc(O)c(O)c(O)c2)[C@@H]1OC(=O)c1cc(O)c(O)c(O)c1)c1cc(O)c(O)c(O)c1. The van der Waals surface area contributed by atoms with Gasteiger partial charge < -0.3 is 210 Å². The Kier molecular flexibility index (Phi) is 26.0. The fraction of sp³-hybridized carbons (Fsp3) is 0.146. The molecule has 0 spiro atoms. The summed E-state index contributed by atoms with van der Waals surface area (Å²) in [7, 11) is 0. The first-order chi connectivity index (χ1) is 63.0. The summed E-state index contributed by atoms with van der Waals surface area (Å²) in [6.07, 6.45) is -28.6. The quantitative estimate of drug-likeness (QED) is 0.0232. The van der Waals surface area contributed by atoms with Crippen molar-refractivity contribution in [2.45, 2.75) is 61.4 Å². The van der Waals surface area contributed by atoms with E-state index in [1.807, 2.05) is 0 Å². The Balaban J connectivity index is 0.977. The first kappa shape index (κ1) is 94.0. The summed E-state index contributed by atoms with van der Waals surface area (Å²) in [5, 5.41) is 306. The van der Waals surface area contributed by atoms with Crippen molar-refractivity contribution in [1.82, 2.24) is 0 Å². The van der Waals surface area contributed by atoms with Crippen molar-refractivity contribution in [3.05, 3.63) is 171 Å². The normalized spacial score (nSPS) is 17.8. The van der Waals surface area contributed by atoms with Gasteiger partial charge in [-0.2, -0.15) is 0 Å². The molecule has 0 saturated carbocycles. The van der Waals surface area contributed by atoms with Gasteiger partial charge in [-0.3, -0.25) is 0 Å². The van der Waals surface area contributed by atoms with Gasteiger partial charge in [-0.25, -0.2) is 47.9 Å². The van der Waals surface area contributed by atoms with Crippen LogP contribution in [0, 0.1) is 0 Å². The molecule has 2 aliphatic heterocycles. The maximum Gasteiger partial charge on any atom is 0.344 e. The molecule has 0 amide bonds. The number of carbonyl (C=O) groups excluding carboxylic acids is 10. The third kappa shape index (κ3) is 19.2. The van der Waals surface area contributed by atoms with E-state index < -0.39 is 368 Å². The third-order valence-electron chi connectivity index (χ3n) is 19.2. The number of aromatic hydroxyl groups is 29. The number of phenols is 29. The van der Waals surface area contributed by atoms with Gasteiger partial charge in [0.1, 0.15) is 31.0 Å². The van der Waals surface area contributed by atoms with Crippen molar-refractivity contribution in [3.8, 4) is 178 Å². The van der Waals surface area contributed by atoms with Crippen LogP contribution < -0.4 is 4.74 Å². The van der Waals surface area contributed by atoms with Crippen molar-refractivity contribution in [1.29, 1.82) is 0 Å². The molecule has 2 heterocycles. The molecule has 52 heteroatoms. The predicted molar refractivity (Wildman–Crippen MR) is 417 cm³/mol. The summed E-state index contributed by atoms with van der Waals surface area (Å²) in [4.78, 5) is 145. The molecule has 10 atom stereocenters. The molecule has 29 N–H and O–H groups in total. The molecule has 52 nitrogen and oxygen atoms in total. The first-order valence-electron chi connectivity index (χ1n) is 36.8. The molecule has 0 radical (unpaired) electrons. The van der Waals surface area contributed by atoms with Gasteiger partial charge in [0.25, 0.3) is 0 Å². The van der Waals surface area contributed by atoms with Gasteiger partial charge in [0.05, 0.1) is 50.1 Å². The summed E-state index contributed by atoms with van der Waals surface area (Å²) in [6, 6.07) is 7.19. The van der Waals surface area contributed by atoms with E-state index in [9.17, 15) is 186 Å². The highest BCUT2D eigenvalue weighted by atomic mass is 16.8. The van der Waals surface area contributed by atoms with E-state index in [0.717, 1.165) is 0 Å². The standard InChI is InChI=1S/C82H62O52/c83-32-1-22(2-33(84)53(32)101)71(112)122-20-51-65(127-73(114)24-5-36(87)55(103)37(88)6-24)67(129-75(116)26-9-40(91)57(105)41(92)10-26)69(131-77(118)28-13-44(95)59(107)45(96)14-28)81(125-51)133-79(120)30-17-48(99)61(109)50(18-30)124-64-31(19-49(100)62(110)63(64)111)80(121)134-82-70(132-78(119)29-15-46(97)60(108)47(98)16-29)68(130-76(117)27-11-42(93)58(106)43(94)12-27)66(128-74(115)25-7-38(89)56(104)39(90)8-25)52(126-82)21-123-72(113)23-3-34(85)54(102)35(86)4-23/h1-19,51-52,65-70,81-111H,20-21H2/t51?,52?,65-,66-,67+,68?,69?,70-,81+,82+/m1/s1. The number of phenolic OH excluding ortho intramolecular Hbond substituents is 29. The minimum Gasteiger partial charge on any atom is -0.504 e. The van der Waals surface area contributed by atoms with Gasteiger partial charge >= 0.3 is 59.7 Å². The molecule has 0 aliphatic carbocycles. The van der Waals surface area contributed by atoms with E-state index in [-0.39, 0.29) is 18.2 Å². The molecular weight excluding hydrogens is 1820 g/mol. The molecular formula is C82H62O52. The van der Waals surface area contributed by atoms with E-state index >= 15 is 9.59 Å². The predicted octanol–water partition coefficient (Wildman–Crippen LogP) is 3.77. The van der Waals surface area contributed by atoms with Crippen LogP contribution in [0.25, 0.3) is 0 Å². The molecule has 2 fully saturated rings. The number of carbonyl (C=O) groups is 10. The lowest BCUT2D eigenvalue weighted by atomic mass is 9.97. The molecule has 10 aromatic carbocycles. The molecule has 12 rings (SSSR count). The maximum atomic E-state index is 15.4. The number of benzene rings is 10. The molecule has 2 saturated heterocycles. The number of hydrogen-bond acceptors (Lipinski definition) is 52. The smallest absolute Gasteiger partial charge is 0.344 e. The first-order valence-corrected chi connectivity index (χ1v) is 36.8. The average Bonchev–Trinajstić information content (AvgIpc) is 0.765. The van der Waals surface area contributed by atoms with Crippen LogP contribution in [-0.2, 0) is 56.8 Å². The van der Waals surface area contributed by atoms with Crippen LogP contribution in [0.5, 0.6) is 178 Å². The van der Waals surface area contributed by atoms with Gasteiger partial charge in [-0.1, -0.05) is 0 Å². The molecule has 0 bridgehead atoms. The zero-order chi connectivity index (χ0) is 98.3. The van der Waals surface area contributed by atoms with Crippen LogP contribution in [0.4, 0.5) is 0 Å². The van der Waals surface area contributed by atoms with E-state index in [4.69, 9.17) is 61.6 Å². The number of esters is 10. The van der Waals surface area contributed by atoms with E-state index in [0.29, 0.717) is 97.1 Å². The number of ether oxygens (including phenoxy) is 13. The summed E-state index contributed by atoms with van der Waals surface area (Å²) in [6.45, 7) is -3.12. The van der Waals surface area contributed by atoms with Crippen molar-refractivity contribution in [3.63, 3.8) is 0 Å². The van der Waals surface area contributed by atoms with Crippen LogP contribution in [-0.4, -0.2) is 282 Å². The Bertz CT molecular complexity index is 6330. The second kappa shape index (κ2) is 37.0. The largest absolute Gasteiger partial charge is 0.504 e. The Labute approximate surface area is 738 Å². The Morgan fingerprint density at radius 1 is 0.201 bits per heavy atom. The maximum absolute atomic E-state index is 15.4. The second-order valence-corrected chi connectivity index (χ2v) is 28.1. The van der Waals surface area contributed by atoms with Gasteiger partial charge in [0, 0.05) is 6.07 Å².